The van der Waals surface area contributed by atoms with E-state index in [1.165, 1.54) is 10.6 Å². The minimum Gasteiger partial charge on any atom is -0.352 e. The van der Waals surface area contributed by atoms with Crippen molar-refractivity contribution in [2.45, 2.75) is 77.4 Å². The van der Waals surface area contributed by atoms with Crippen LogP contribution in [0.2, 0.25) is 0 Å². The third-order valence-electron chi connectivity index (χ3n) is 7.89. The highest BCUT2D eigenvalue weighted by Crippen LogP contribution is 2.24. The summed E-state index contributed by atoms with van der Waals surface area (Å²) in [5, 5.41) is 3.23. The van der Waals surface area contributed by atoms with Crippen LogP contribution in [-0.2, 0) is 32.6 Å². The molecule has 1 fully saturated rings. The van der Waals surface area contributed by atoms with Gasteiger partial charge in [0.1, 0.15) is 6.04 Å². The van der Waals surface area contributed by atoms with Crippen LogP contribution in [0.5, 0.6) is 0 Å². The quantitative estimate of drug-likeness (QED) is 0.231. The number of sulfonamides is 1. The predicted octanol–water partition coefficient (Wildman–Crippen LogP) is 6.31. The molecule has 3 aromatic rings. The Hall–Kier alpha value is -3.17. The number of rotatable bonds is 13. The highest BCUT2D eigenvalue weighted by Gasteiger charge is 2.32. The summed E-state index contributed by atoms with van der Waals surface area (Å²) in [4.78, 5) is 29.6. The Morgan fingerprint density at radius 3 is 2.16 bits per heavy atom. The second-order valence-electron chi connectivity index (χ2n) is 11.6. The first-order chi connectivity index (χ1) is 20.5. The maximum Gasteiger partial charge on any atom is 0.243 e. The summed E-state index contributed by atoms with van der Waals surface area (Å²) in [7, 11) is -3.57. The Bertz CT molecular complexity index is 1470. The van der Waals surface area contributed by atoms with Gasteiger partial charge in [0.25, 0.3) is 0 Å². The Morgan fingerprint density at radius 2 is 1.56 bits per heavy atom. The molecule has 4 rings (SSSR count). The van der Waals surface area contributed by atoms with Gasteiger partial charge in [0, 0.05) is 36.4 Å². The van der Waals surface area contributed by atoms with Gasteiger partial charge in [0.15, 0.2) is 0 Å². The first-order valence-corrected chi connectivity index (χ1v) is 17.6. The Balaban J connectivity index is 1.59. The van der Waals surface area contributed by atoms with Gasteiger partial charge in [-0.05, 0) is 79.6 Å². The molecule has 0 radical (unpaired) electrons. The number of hydrogen-bond donors (Lipinski definition) is 1. The molecule has 0 aliphatic heterocycles. The minimum absolute atomic E-state index is 0.106. The fourth-order valence-electron chi connectivity index (χ4n) is 5.81. The molecule has 0 aromatic heterocycles. The van der Waals surface area contributed by atoms with Gasteiger partial charge in [-0.1, -0.05) is 77.3 Å². The van der Waals surface area contributed by atoms with E-state index < -0.39 is 16.1 Å². The fourth-order valence-corrected chi connectivity index (χ4v) is 7.02. The molecule has 0 spiro atoms. The number of halogens is 1. The first kappa shape index (κ1) is 32.7. The standard InChI is InChI=1S/C34H42BrN3O4S/c1-25-20-26(2)22-31(21-25)38(43(3,41)42)19-9-14-33(39)37(24-28-15-17-29(35)18-16-28)32(23-27-10-5-4-6-11-27)34(40)36-30-12-7-8-13-30/h4-6,10-11,15-18,20-22,30,32H,7-9,12-14,19,23-24H2,1-3H3,(H,36,40)/t32-/m1/s1. The molecule has 7 nitrogen and oxygen atoms in total. The van der Waals surface area contributed by atoms with Crippen LogP contribution >= 0.6 is 15.9 Å². The number of hydrogen-bond acceptors (Lipinski definition) is 4. The number of nitrogens with one attached hydrogen (secondary N) is 1. The van der Waals surface area contributed by atoms with Crippen molar-refractivity contribution in [3.05, 3.63) is 99.5 Å². The van der Waals surface area contributed by atoms with E-state index in [-0.39, 0.29) is 37.4 Å². The van der Waals surface area contributed by atoms with Crippen LogP contribution in [0.25, 0.3) is 0 Å². The highest BCUT2D eigenvalue weighted by atomic mass is 79.9. The molecule has 43 heavy (non-hydrogen) atoms. The van der Waals surface area contributed by atoms with Crippen molar-refractivity contribution in [3.8, 4) is 0 Å². The summed E-state index contributed by atoms with van der Waals surface area (Å²) in [6.07, 6.45) is 6.08. The van der Waals surface area contributed by atoms with Gasteiger partial charge in [-0.2, -0.15) is 0 Å². The summed E-state index contributed by atoms with van der Waals surface area (Å²) in [6.45, 7) is 4.31. The van der Waals surface area contributed by atoms with Crippen molar-refractivity contribution < 1.29 is 18.0 Å². The lowest BCUT2D eigenvalue weighted by atomic mass is 10.0. The molecule has 0 saturated heterocycles. The molecule has 0 unspecified atom stereocenters. The molecule has 1 N–H and O–H groups in total. The van der Waals surface area contributed by atoms with Crippen molar-refractivity contribution in [3.63, 3.8) is 0 Å². The van der Waals surface area contributed by atoms with Crippen LogP contribution in [-0.4, -0.2) is 50.0 Å². The lowest BCUT2D eigenvalue weighted by Crippen LogP contribution is -2.52. The van der Waals surface area contributed by atoms with E-state index in [0.29, 0.717) is 18.5 Å². The van der Waals surface area contributed by atoms with Crippen LogP contribution in [0.15, 0.2) is 77.3 Å². The Labute approximate surface area is 264 Å². The molecule has 1 atom stereocenters. The number of nitrogens with zero attached hydrogens (tertiary/aromatic N) is 2. The third-order valence-corrected chi connectivity index (χ3v) is 9.61. The van der Waals surface area contributed by atoms with Crippen molar-refractivity contribution in [2.24, 2.45) is 0 Å². The number of benzene rings is 3. The Morgan fingerprint density at radius 1 is 0.930 bits per heavy atom. The molecule has 3 aromatic carbocycles. The van der Waals surface area contributed by atoms with Crippen molar-refractivity contribution >= 4 is 43.5 Å². The SMILES string of the molecule is Cc1cc(C)cc(N(CCCC(=O)N(Cc2ccc(Br)cc2)[C@H](Cc2ccccc2)C(=O)NC2CCCC2)S(C)(=O)=O)c1. The molecular formula is C34H42BrN3O4S. The van der Waals surface area contributed by atoms with Gasteiger partial charge < -0.3 is 10.2 Å². The van der Waals surface area contributed by atoms with E-state index in [2.05, 4.69) is 21.2 Å². The average molecular weight is 669 g/mol. The van der Waals surface area contributed by atoms with Gasteiger partial charge in [-0.3, -0.25) is 13.9 Å². The molecule has 1 aliphatic carbocycles. The number of carbonyl (C=O) groups excluding carboxylic acids is 2. The Kier molecular flexibility index (Phi) is 11.4. The van der Waals surface area contributed by atoms with Gasteiger partial charge in [-0.15, -0.1) is 0 Å². The van der Waals surface area contributed by atoms with Crippen molar-refractivity contribution in [1.29, 1.82) is 0 Å². The molecule has 1 saturated carbocycles. The summed E-state index contributed by atoms with van der Waals surface area (Å²) < 4.78 is 27.8. The van der Waals surface area contributed by atoms with Gasteiger partial charge >= 0.3 is 0 Å². The van der Waals surface area contributed by atoms with Crippen LogP contribution in [0.4, 0.5) is 5.69 Å². The number of anilines is 1. The zero-order valence-electron chi connectivity index (χ0n) is 25.3. The van der Waals surface area contributed by atoms with Crippen molar-refractivity contribution in [1.82, 2.24) is 10.2 Å². The lowest BCUT2D eigenvalue weighted by molar-refractivity contribution is -0.141. The van der Waals surface area contributed by atoms with E-state index in [0.717, 1.165) is 52.4 Å². The van der Waals surface area contributed by atoms with Crippen LogP contribution in [0.3, 0.4) is 0 Å². The lowest BCUT2D eigenvalue weighted by Gasteiger charge is -2.33. The molecule has 230 valence electrons. The average Bonchev–Trinajstić information content (AvgIpc) is 3.46. The third kappa shape index (κ3) is 9.66. The van der Waals surface area contributed by atoms with E-state index in [1.54, 1.807) is 4.90 Å². The van der Waals surface area contributed by atoms with E-state index in [4.69, 9.17) is 0 Å². The summed E-state index contributed by atoms with van der Waals surface area (Å²) in [6, 6.07) is 22.6. The summed E-state index contributed by atoms with van der Waals surface area (Å²) in [5.41, 5.74) is 4.42. The van der Waals surface area contributed by atoms with Crippen LogP contribution < -0.4 is 9.62 Å². The largest absolute Gasteiger partial charge is 0.352 e. The topological polar surface area (TPSA) is 86.8 Å². The predicted molar refractivity (Wildman–Crippen MR) is 176 cm³/mol. The summed E-state index contributed by atoms with van der Waals surface area (Å²) >= 11 is 3.48. The number of aryl methyl sites for hydroxylation is 2. The maximum absolute atomic E-state index is 14.0. The second-order valence-corrected chi connectivity index (χ2v) is 14.5. The highest BCUT2D eigenvalue weighted by molar-refractivity contribution is 9.10. The molecule has 0 heterocycles. The van der Waals surface area contributed by atoms with Crippen LogP contribution in [0.1, 0.15) is 60.8 Å². The van der Waals surface area contributed by atoms with Crippen molar-refractivity contribution in [2.75, 3.05) is 17.1 Å². The molecule has 9 heteroatoms. The van der Waals surface area contributed by atoms with Gasteiger partial charge in [0.2, 0.25) is 21.8 Å². The summed E-state index contributed by atoms with van der Waals surface area (Å²) in [5.74, 6) is -0.325. The van der Waals surface area contributed by atoms with E-state index in [1.807, 2.05) is 86.6 Å². The monoisotopic (exact) mass is 667 g/mol. The second kappa shape index (κ2) is 15.0. The maximum atomic E-state index is 14.0. The molecule has 2 amide bonds. The zero-order chi connectivity index (χ0) is 31.0. The molecule has 0 bridgehead atoms. The zero-order valence-corrected chi connectivity index (χ0v) is 27.7. The van der Waals surface area contributed by atoms with Crippen LogP contribution in [0, 0.1) is 13.8 Å². The number of carbonyl (C=O) groups is 2. The van der Waals surface area contributed by atoms with Gasteiger partial charge in [-0.25, -0.2) is 8.42 Å². The van der Waals surface area contributed by atoms with Gasteiger partial charge in [0.05, 0.1) is 11.9 Å². The van der Waals surface area contributed by atoms with E-state index in [9.17, 15) is 18.0 Å². The molecular weight excluding hydrogens is 626 g/mol. The molecule has 1 aliphatic rings. The first-order valence-electron chi connectivity index (χ1n) is 14.9. The normalized spacial score (nSPS) is 14.3. The van der Waals surface area contributed by atoms with E-state index >= 15 is 0 Å². The smallest absolute Gasteiger partial charge is 0.243 e. The fraction of sp³-hybridized carbons (Fsp3) is 0.412. The minimum atomic E-state index is -3.57. The number of amides is 2.